The lowest BCUT2D eigenvalue weighted by molar-refractivity contribution is 0.101. The molecule has 2 aromatic heterocycles. The molecule has 0 aliphatic carbocycles. The fourth-order valence-corrected chi connectivity index (χ4v) is 3.94. The largest absolute Gasteiger partial charge is 0.358 e. The molecule has 1 aliphatic rings. The van der Waals surface area contributed by atoms with E-state index in [0.717, 1.165) is 24.6 Å². The van der Waals surface area contributed by atoms with Crippen LogP contribution in [-0.4, -0.2) is 51.6 Å². The quantitative estimate of drug-likeness (QED) is 0.836. The standard InChI is InChI=1S/C19H30N6/c1-6-25-9-7-8-16(19(25)17-11-20-24(5)13-17)12-23(4)18-10-14(2)15(3)21-22-18/h10-11,13,16,19H,6-9,12H2,1-5H3/t16-,19+/m0/s1. The van der Waals surface area contributed by atoms with Gasteiger partial charge in [-0.05, 0) is 57.3 Å². The molecule has 0 aromatic carbocycles. The molecule has 3 heterocycles. The van der Waals surface area contributed by atoms with Crippen molar-refractivity contribution in [1.29, 1.82) is 0 Å². The summed E-state index contributed by atoms with van der Waals surface area (Å²) in [4.78, 5) is 4.84. The van der Waals surface area contributed by atoms with Gasteiger partial charge in [0, 0.05) is 38.4 Å². The number of piperidine rings is 1. The van der Waals surface area contributed by atoms with Crippen LogP contribution >= 0.6 is 0 Å². The van der Waals surface area contributed by atoms with Crippen molar-refractivity contribution in [2.75, 3.05) is 31.6 Å². The van der Waals surface area contributed by atoms with Crippen molar-refractivity contribution in [2.24, 2.45) is 13.0 Å². The third-order valence-corrected chi connectivity index (χ3v) is 5.45. The summed E-state index contributed by atoms with van der Waals surface area (Å²) in [6.07, 6.45) is 6.68. The number of aryl methyl sites for hydroxylation is 3. The van der Waals surface area contributed by atoms with Crippen LogP contribution in [0, 0.1) is 19.8 Å². The Balaban J connectivity index is 1.81. The smallest absolute Gasteiger partial charge is 0.151 e. The Kier molecular flexibility index (Phi) is 5.37. The van der Waals surface area contributed by atoms with Crippen molar-refractivity contribution in [3.63, 3.8) is 0 Å². The van der Waals surface area contributed by atoms with Crippen molar-refractivity contribution >= 4 is 5.82 Å². The number of rotatable bonds is 5. The van der Waals surface area contributed by atoms with E-state index in [2.05, 4.69) is 58.3 Å². The molecule has 0 unspecified atom stereocenters. The highest BCUT2D eigenvalue weighted by molar-refractivity contribution is 5.40. The molecule has 0 amide bonds. The van der Waals surface area contributed by atoms with Crippen LogP contribution in [0.4, 0.5) is 5.82 Å². The summed E-state index contributed by atoms with van der Waals surface area (Å²) in [7, 11) is 4.12. The number of hydrogen-bond donors (Lipinski definition) is 0. The summed E-state index contributed by atoms with van der Waals surface area (Å²) >= 11 is 0. The first-order chi connectivity index (χ1) is 12.0. The van der Waals surface area contributed by atoms with Crippen molar-refractivity contribution in [1.82, 2.24) is 24.9 Å². The van der Waals surface area contributed by atoms with Crippen molar-refractivity contribution in [3.05, 3.63) is 35.3 Å². The maximum absolute atomic E-state index is 4.41. The predicted molar refractivity (Wildman–Crippen MR) is 101 cm³/mol. The number of likely N-dealkylation sites (tertiary alicyclic amines) is 1. The van der Waals surface area contributed by atoms with Crippen molar-refractivity contribution < 1.29 is 0 Å². The summed E-state index contributed by atoms with van der Waals surface area (Å²) in [6.45, 7) is 9.57. The summed E-state index contributed by atoms with van der Waals surface area (Å²) in [5, 5.41) is 13.1. The van der Waals surface area contributed by atoms with Gasteiger partial charge in [-0.1, -0.05) is 6.92 Å². The molecule has 2 aromatic rings. The van der Waals surface area contributed by atoms with Crippen LogP contribution in [0.15, 0.2) is 18.5 Å². The summed E-state index contributed by atoms with van der Waals surface area (Å²) < 4.78 is 1.91. The van der Waals surface area contributed by atoms with Gasteiger partial charge in [-0.2, -0.15) is 10.2 Å². The van der Waals surface area contributed by atoms with Gasteiger partial charge in [-0.3, -0.25) is 9.58 Å². The highest BCUT2D eigenvalue weighted by atomic mass is 15.3. The zero-order valence-electron chi connectivity index (χ0n) is 16.1. The Morgan fingerprint density at radius 2 is 2.08 bits per heavy atom. The van der Waals surface area contributed by atoms with Crippen LogP contribution < -0.4 is 4.90 Å². The number of aromatic nitrogens is 4. The topological polar surface area (TPSA) is 50.1 Å². The van der Waals surface area contributed by atoms with Gasteiger partial charge in [0.15, 0.2) is 5.82 Å². The average Bonchev–Trinajstić information content (AvgIpc) is 3.03. The molecule has 0 spiro atoms. The monoisotopic (exact) mass is 342 g/mol. The molecule has 0 saturated carbocycles. The third-order valence-electron chi connectivity index (χ3n) is 5.45. The van der Waals surface area contributed by atoms with E-state index in [4.69, 9.17) is 0 Å². The summed E-state index contributed by atoms with van der Waals surface area (Å²) in [6, 6.07) is 2.57. The second-order valence-electron chi connectivity index (χ2n) is 7.27. The SMILES string of the molecule is CCN1CCC[C@@H](CN(C)c2cc(C)c(C)nn2)[C@@H]1c1cnn(C)c1. The van der Waals surface area contributed by atoms with Crippen molar-refractivity contribution in [3.8, 4) is 0 Å². The molecule has 1 aliphatic heterocycles. The molecule has 6 heteroatoms. The van der Waals surface area contributed by atoms with Gasteiger partial charge in [0.1, 0.15) is 0 Å². The fraction of sp³-hybridized carbons (Fsp3) is 0.632. The van der Waals surface area contributed by atoms with Gasteiger partial charge in [0.2, 0.25) is 0 Å². The molecule has 1 saturated heterocycles. The lowest BCUT2D eigenvalue weighted by Gasteiger charge is -2.42. The van der Waals surface area contributed by atoms with E-state index in [0.29, 0.717) is 12.0 Å². The summed E-state index contributed by atoms with van der Waals surface area (Å²) in [5.41, 5.74) is 3.52. The average molecular weight is 342 g/mol. The minimum absolute atomic E-state index is 0.425. The van der Waals surface area contributed by atoms with E-state index in [1.54, 1.807) is 0 Å². The van der Waals surface area contributed by atoms with E-state index in [1.165, 1.54) is 30.5 Å². The number of hydrogen-bond acceptors (Lipinski definition) is 5. The Hall–Kier alpha value is -1.95. The van der Waals surface area contributed by atoms with Crippen LogP contribution in [0.2, 0.25) is 0 Å². The van der Waals surface area contributed by atoms with Gasteiger partial charge >= 0.3 is 0 Å². The van der Waals surface area contributed by atoms with E-state index in [-0.39, 0.29) is 0 Å². The lowest BCUT2D eigenvalue weighted by atomic mass is 9.85. The van der Waals surface area contributed by atoms with Crippen molar-refractivity contribution in [2.45, 2.75) is 39.7 Å². The van der Waals surface area contributed by atoms with Crippen LogP contribution in [0.3, 0.4) is 0 Å². The third kappa shape index (κ3) is 3.84. The molecule has 136 valence electrons. The predicted octanol–water partition coefficient (Wildman–Crippen LogP) is 2.74. The molecule has 0 N–H and O–H groups in total. The van der Waals surface area contributed by atoms with Gasteiger partial charge in [-0.15, -0.1) is 5.10 Å². The van der Waals surface area contributed by atoms with E-state index in [1.807, 2.05) is 24.9 Å². The maximum Gasteiger partial charge on any atom is 0.151 e. The van der Waals surface area contributed by atoms with Gasteiger partial charge in [-0.25, -0.2) is 0 Å². The Morgan fingerprint density at radius 3 is 2.72 bits per heavy atom. The van der Waals surface area contributed by atoms with Crippen LogP contribution in [0.1, 0.15) is 42.6 Å². The molecule has 6 nitrogen and oxygen atoms in total. The van der Waals surface area contributed by atoms with E-state index in [9.17, 15) is 0 Å². The Bertz CT molecular complexity index is 710. The number of anilines is 1. The normalized spacial score (nSPS) is 21.5. The molecule has 0 radical (unpaired) electrons. The number of nitrogens with zero attached hydrogens (tertiary/aromatic N) is 6. The second-order valence-corrected chi connectivity index (χ2v) is 7.27. The molecule has 2 atom stereocenters. The first kappa shape index (κ1) is 17.9. The first-order valence-corrected chi connectivity index (χ1v) is 9.24. The Labute approximate surface area is 150 Å². The van der Waals surface area contributed by atoms with Crippen LogP contribution in [-0.2, 0) is 7.05 Å². The summed E-state index contributed by atoms with van der Waals surface area (Å²) in [5.74, 6) is 1.52. The molecule has 1 fully saturated rings. The molecular weight excluding hydrogens is 312 g/mol. The first-order valence-electron chi connectivity index (χ1n) is 9.24. The molecule has 0 bridgehead atoms. The highest BCUT2D eigenvalue weighted by Gasteiger charge is 2.33. The zero-order chi connectivity index (χ0) is 18.0. The fourth-order valence-electron chi connectivity index (χ4n) is 3.94. The van der Waals surface area contributed by atoms with E-state index >= 15 is 0 Å². The van der Waals surface area contributed by atoms with Crippen LogP contribution in [0.25, 0.3) is 0 Å². The van der Waals surface area contributed by atoms with Crippen LogP contribution in [0.5, 0.6) is 0 Å². The molecular formula is C19H30N6. The lowest BCUT2D eigenvalue weighted by Crippen LogP contribution is -2.43. The second kappa shape index (κ2) is 7.52. The maximum atomic E-state index is 4.41. The van der Waals surface area contributed by atoms with Gasteiger partial charge in [0.05, 0.1) is 11.9 Å². The minimum Gasteiger partial charge on any atom is -0.358 e. The molecule has 25 heavy (non-hydrogen) atoms. The zero-order valence-corrected chi connectivity index (χ0v) is 16.1. The Morgan fingerprint density at radius 1 is 1.28 bits per heavy atom. The highest BCUT2D eigenvalue weighted by Crippen LogP contribution is 2.36. The van der Waals surface area contributed by atoms with E-state index < -0.39 is 0 Å². The molecule has 3 rings (SSSR count). The van der Waals surface area contributed by atoms with Gasteiger partial charge < -0.3 is 4.90 Å². The van der Waals surface area contributed by atoms with Gasteiger partial charge in [0.25, 0.3) is 0 Å². The minimum atomic E-state index is 0.425.